The molecule has 0 radical (unpaired) electrons. The number of carbonyl (C=O) groups is 2. The van der Waals surface area contributed by atoms with Gasteiger partial charge in [0.25, 0.3) is 10.0 Å². The smallest absolute Gasteiger partial charge is 0.283 e. The number of hydrogen-bond donors (Lipinski definition) is 1. The van der Waals surface area contributed by atoms with Crippen molar-refractivity contribution in [3.8, 4) is 0 Å². The fourth-order valence-corrected chi connectivity index (χ4v) is 5.84. The van der Waals surface area contributed by atoms with E-state index in [9.17, 15) is 18.0 Å². The molecule has 2 atom stereocenters. The molecule has 0 aromatic heterocycles. The summed E-state index contributed by atoms with van der Waals surface area (Å²) in [4.78, 5) is 26.9. The summed E-state index contributed by atoms with van der Waals surface area (Å²) in [5, 5.41) is 2.89. The minimum Gasteiger partial charge on any atom is -0.362 e. The summed E-state index contributed by atoms with van der Waals surface area (Å²) < 4.78 is 29.0. The van der Waals surface area contributed by atoms with E-state index in [1.165, 1.54) is 12.1 Å². The van der Waals surface area contributed by atoms with Crippen LogP contribution in [0.25, 0.3) is 0 Å². The predicted octanol–water partition coefficient (Wildman–Crippen LogP) is 2.83. The van der Waals surface area contributed by atoms with Gasteiger partial charge in [-0.2, -0.15) is 8.42 Å². The summed E-state index contributed by atoms with van der Waals surface area (Å²) in [6.45, 7) is 0.813. The molecule has 7 nitrogen and oxygen atoms in total. The zero-order valence-corrected chi connectivity index (χ0v) is 17.5. The Morgan fingerprint density at radius 2 is 1.76 bits per heavy atom. The summed E-state index contributed by atoms with van der Waals surface area (Å²) >= 11 is 0. The second-order valence-electron chi connectivity index (χ2n) is 8.42. The standard InChI is InChI=1S/C21H27N3O4S/c1-24-11-3-6-19(24)23-29(27,28)18-9-7-17(8-10-18)22-21(26)16-12-14-4-2-5-15(13-16)20(14)25/h7-10,14-16H,2-6,11-13H2,1H3,(H,22,26). The Bertz CT molecular complexity index is 923. The van der Waals surface area contributed by atoms with Gasteiger partial charge in [-0.1, -0.05) is 6.42 Å². The molecular formula is C21H27N3O4S. The summed E-state index contributed by atoms with van der Waals surface area (Å²) in [7, 11) is -1.92. The monoisotopic (exact) mass is 417 g/mol. The second kappa shape index (κ2) is 7.89. The molecule has 156 valence electrons. The lowest BCUT2D eigenvalue weighted by Gasteiger charge is -2.36. The van der Waals surface area contributed by atoms with Gasteiger partial charge in [-0.3, -0.25) is 9.59 Å². The number of nitrogens with zero attached hydrogens (tertiary/aromatic N) is 2. The Balaban J connectivity index is 1.42. The Morgan fingerprint density at radius 3 is 2.34 bits per heavy atom. The largest absolute Gasteiger partial charge is 0.362 e. The first-order chi connectivity index (χ1) is 13.8. The van der Waals surface area contributed by atoms with Crippen molar-refractivity contribution in [1.82, 2.24) is 4.90 Å². The molecule has 1 saturated heterocycles. The molecule has 1 aromatic carbocycles. The van der Waals surface area contributed by atoms with Gasteiger partial charge in [0, 0.05) is 43.5 Å². The Labute approximate surface area is 171 Å². The average Bonchev–Trinajstić information content (AvgIpc) is 3.06. The Morgan fingerprint density at radius 1 is 1.10 bits per heavy atom. The lowest BCUT2D eigenvalue weighted by molar-refractivity contribution is -0.136. The molecule has 1 amide bonds. The molecule has 1 N–H and O–H groups in total. The van der Waals surface area contributed by atoms with Crippen LogP contribution in [-0.2, 0) is 19.6 Å². The van der Waals surface area contributed by atoms with Gasteiger partial charge in [0.2, 0.25) is 5.91 Å². The molecule has 2 aliphatic carbocycles. The van der Waals surface area contributed by atoms with Crippen LogP contribution in [0.1, 0.15) is 44.9 Å². The van der Waals surface area contributed by atoms with Crippen LogP contribution < -0.4 is 5.32 Å². The molecule has 3 fully saturated rings. The maximum atomic E-state index is 12.7. The van der Waals surface area contributed by atoms with Crippen molar-refractivity contribution < 1.29 is 18.0 Å². The van der Waals surface area contributed by atoms with E-state index >= 15 is 0 Å². The van der Waals surface area contributed by atoms with Gasteiger partial charge in [0.1, 0.15) is 11.6 Å². The number of nitrogens with one attached hydrogen (secondary N) is 1. The highest BCUT2D eigenvalue weighted by Gasteiger charge is 2.41. The molecule has 1 aromatic rings. The topological polar surface area (TPSA) is 95.9 Å². The molecular weight excluding hydrogens is 390 g/mol. The number of anilines is 1. The molecule has 4 rings (SSSR count). The molecule has 1 aliphatic heterocycles. The van der Waals surface area contributed by atoms with Crippen molar-refractivity contribution >= 4 is 33.2 Å². The molecule has 3 aliphatic rings. The minimum atomic E-state index is -3.76. The SMILES string of the molecule is CN1CCCC1=NS(=O)(=O)c1ccc(NC(=O)C2CC3CCCC(C2)C3=O)cc1. The van der Waals surface area contributed by atoms with Gasteiger partial charge >= 0.3 is 0 Å². The van der Waals surface area contributed by atoms with Gasteiger partial charge < -0.3 is 10.2 Å². The number of amides is 1. The number of benzene rings is 1. The van der Waals surface area contributed by atoms with Crippen LogP contribution in [0.5, 0.6) is 0 Å². The highest BCUT2D eigenvalue weighted by Crippen LogP contribution is 2.40. The number of ketones is 1. The van der Waals surface area contributed by atoms with E-state index in [1.54, 1.807) is 12.1 Å². The molecule has 2 bridgehead atoms. The summed E-state index contributed by atoms with van der Waals surface area (Å²) in [6, 6.07) is 6.14. The van der Waals surface area contributed by atoms with Gasteiger partial charge in [-0.05, 0) is 56.4 Å². The van der Waals surface area contributed by atoms with E-state index in [2.05, 4.69) is 9.71 Å². The lowest BCUT2D eigenvalue weighted by Crippen LogP contribution is -2.40. The first-order valence-corrected chi connectivity index (χ1v) is 11.8. The van der Waals surface area contributed by atoms with Crippen LogP contribution in [0, 0.1) is 17.8 Å². The highest BCUT2D eigenvalue weighted by atomic mass is 32.2. The highest BCUT2D eigenvalue weighted by molar-refractivity contribution is 7.90. The van der Waals surface area contributed by atoms with E-state index in [4.69, 9.17) is 0 Å². The van der Waals surface area contributed by atoms with Gasteiger partial charge in [-0.25, -0.2) is 0 Å². The van der Waals surface area contributed by atoms with Gasteiger partial charge in [0.15, 0.2) is 0 Å². The fourth-order valence-electron chi connectivity index (χ4n) is 4.75. The molecule has 1 heterocycles. The maximum absolute atomic E-state index is 12.7. The van der Waals surface area contributed by atoms with E-state index < -0.39 is 10.0 Å². The van der Waals surface area contributed by atoms with Crippen LogP contribution in [0.15, 0.2) is 33.6 Å². The summed E-state index contributed by atoms with van der Waals surface area (Å²) in [5.74, 6) is 0.731. The van der Waals surface area contributed by atoms with Gasteiger partial charge in [0.05, 0.1) is 4.90 Å². The minimum absolute atomic E-state index is 0.0265. The molecule has 2 unspecified atom stereocenters. The van der Waals surface area contributed by atoms with Gasteiger partial charge in [-0.15, -0.1) is 4.40 Å². The molecule has 2 saturated carbocycles. The normalized spacial score (nSPS) is 28.6. The van der Waals surface area contributed by atoms with Crippen molar-refractivity contribution in [3.63, 3.8) is 0 Å². The van der Waals surface area contributed by atoms with Crippen molar-refractivity contribution in [2.24, 2.45) is 22.2 Å². The van der Waals surface area contributed by atoms with Crippen LogP contribution in [0.2, 0.25) is 0 Å². The maximum Gasteiger partial charge on any atom is 0.283 e. The third-order valence-electron chi connectivity index (χ3n) is 6.40. The zero-order chi connectivity index (χ0) is 20.6. The van der Waals surface area contributed by atoms with E-state index in [-0.39, 0.29) is 28.6 Å². The number of hydrogen-bond acceptors (Lipinski definition) is 4. The zero-order valence-electron chi connectivity index (χ0n) is 16.6. The Kier molecular flexibility index (Phi) is 5.46. The third kappa shape index (κ3) is 4.22. The number of amidine groups is 1. The van der Waals surface area contributed by atoms with Crippen LogP contribution in [-0.4, -0.2) is 44.4 Å². The van der Waals surface area contributed by atoms with E-state index in [1.807, 2.05) is 11.9 Å². The molecule has 29 heavy (non-hydrogen) atoms. The fraction of sp³-hybridized carbons (Fsp3) is 0.571. The molecule has 0 spiro atoms. The number of carbonyl (C=O) groups excluding carboxylic acids is 2. The summed E-state index contributed by atoms with van der Waals surface area (Å²) in [6.07, 6.45) is 5.68. The Hall–Kier alpha value is -2.22. The predicted molar refractivity (Wildman–Crippen MR) is 110 cm³/mol. The first-order valence-electron chi connectivity index (χ1n) is 10.3. The quantitative estimate of drug-likeness (QED) is 0.813. The second-order valence-corrected chi connectivity index (χ2v) is 10.0. The number of fused-ring (bicyclic) bond motifs is 2. The number of rotatable bonds is 4. The number of likely N-dealkylation sites (tertiary alicyclic amines) is 1. The number of sulfonamides is 1. The van der Waals surface area contributed by atoms with E-state index in [0.29, 0.717) is 36.6 Å². The third-order valence-corrected chi connectivity index (χ3v) is 7.72. The average molecular weight is 418 g/mol. The first kappa shape index (κ1) is 20.1. The lowest BCUT2D eigenvalue weighted by atomic mass is 9.67. The van der Waals surface area contributed by atoms with Crippen molar-refractivity contribution in [2.75, 3.05) is 18.9 Å². The number of Topliss-reactive ketones (excluding diaryl/α,β-unsaturated/α-hetero) is 1. The van der Waals surface area contributed by atoms with Crippen LogP contribution >= 0.6 is 0 Å². The van der Waals surface area contributed by atoms with Crippen molar-refractivity contribution in [2.45, 2.75) is 49.8 Å². The van der Waals surface area contributed by atoms with Crippen molar-refractivity contribution in [3.05, 3.63) is 24.3 Å². The molecule has 8 heteroatoms. The van der Waals surface area contributed by atoms with Crippen LogP contribution in [0.3, 0.4) is 0 Å². The summed E-state index contributed by atoms with van der Waals surface area (Å²) in [5.41, 5.74) is 0.557. The van der Waals surface area contributed by atoms with Crippen molar-refractivity contribution in [1.29, 1.82) is 0 Å². The van der Waals surface area contributed by atoms with E-state index in [0.717, 1.165) is 32.2 Å². The van der Waals surface area contributed by atoms with Crippen LogP contribution in [0.4, 0.5) is 5.69 Å².